The molecule has 0 radical (unpaired) electrons. The number of amides is 3. The summed E-state index contributed by atoms with van der Waals surface area (Å²) in [6.45, 7) is 2.67. The number of nitrogens with two attached hydrogens (primary N) is 1. The Balaban J connectivity index is 1.23. The second-order valence-corrected chi connectivity index (χ2v) is 12.1. The van der Waals surface area contributed by atoms with Gasteiger partial charge in [-0.15, -0.1) is 0 Å². The van der Waals surface area contributed by atoms with Crippen molar-refractivity contribution in [2.24, 2.45) is 5.73 Å². The number of carbonyl (C=O) groups excluding carboxylic acids is 4. The third kappa shape index (κ3) is 5.26. The van der Waals surface area contributed by atoms with Crippen LogP contribution < -0.4 is 31.2 Å². The maximum atomic E-state index is 13.1. The van der Waals surface area contributed by atoms with Crippen molar-refractivity contribution in [1.82, 2.24) is 25.8 Å². The van der Waals surface area contributed by atoms with Gasteiger partial charge in [-0.1, -0.05) is 6.07 Å². The van der Waals surface area contributed by atoms with E-state index < -0.39 is 35.2 Å². The number of Topliss-reactive ketones (excluding diaryl/α,β-unsaturated/α-hetero) is 1. The molecule has 14 heteroatoms. The smallest absolute Gasteiger partial charge is 0.415 e. The van der Waals surface area contributed by atoms with Gasteiger partial charge in [0.25, 0.3) is 0 Å². The molecule has 4 aliphatic rings. The first-order valence-corrected chi connectivity index (χ1v) is 14.7. The Morgan fingerprint density at radius 2 is 2.05 bits per heavy atom. The molecule has 1 spiro atoms. The molecule has 3 amide bonds. The second kappa shape index (κ2) is 11.6. The molecular weight excluding hydrogens is 558 g/mol. The van der Waals surface area contributed by atoms with E-state index in [0.717, 1.165) is 17.7 Å². The Hall–Kier alpha value is -3.91. The lowest BCUT2D eigenvalue weighted by Crippen LogP contribution is -2.76. The van der Waals surface area contributed by atoms with Gasteiger partial charge in [-0.3, -0.25) is 19.8 Å². The molecule has 5 rings (SSSR count). The van der Waals surface area contributed by atoms with E-state index in [4.69, 9.17) is 20.6 Å². The van der Waals surface area contributed by atoms with Gasteiger partial charge in [-0.05, 0) is 57.3 Å². The van der Waals surface area contributed by atoms with Crippen molar-refractivity contribution < 1.29 is 33.8 Å². The molecular formula is C29H41N7O7. The maximum Gasteiger partial charge on any atom is 0.415 e. The van der Waals surface area contributed by atoms with Gasteiger partial charge in [0.1, 0.15) is 6.04 Å². The summed E-state index contributed by atoms with van der Waals surface area (Å²) < 4.78 is 12.0. The van der Waals surface area contributed by atoms with Gasteiger partial charge < -0.3 is 46.1 Å². The highest BCUT2D eigenvalue weighted by Gasteiger charge is 2.72. The van der Waals surface area contributed by atoms with Gasteiger partial charge in [-0.2, -0.15) is 0 Å². The Morgan fingerprint density at radius 1 is 1.28 bits per heavy atom. The van der Waals surface area contributed by atoms with E-state index in [1.54, 1.807) is 6.07 Å². The standard InChI is InChI=1S/C29H41N7O7/c1-16(37)34-18(5-4-11-33-26(30)31)25(39)32-12-14-36(3)27(40)42-20-7-6-17-15-21-29(41)9-8-19(38)24-28(29,10-13-35(21)2)22(17)23(20)43-24/h6-7,18,21,24,41H,4-5,8-15H2,1-3H3,(H,32,39)(H,34,37)(H4,30,31,33)/t18-,21+,24-,28-,29+/m0/s1. The van der Waals surface area contributed by atoms with Crippen LogP contribution in [0.3, 0.4) is 0 Å². The molecule has 234 valence electrons. The van der Waals surface area contributed by atoms with Gasteiger partial charge in [0.2, 0.25) is 11.8 Å². The molecule has 0 unspecified atom stereocenters. The van der Waals surface area contributed by atoms with Crippen LogP contribution in [0, 0.1) is 5.41 Å². The number of ketones is 1. The molecule has 43 heavy (non-hydrogen) atoms. The third-order valence-corrected chi connectivity index (χ3v) is 9.44. The van der Waals surface area contributed by atoms with Crippen molar-refractivity contribution in [3.05, 3.63) is 23.3 Å². The summed E-state index contributed by atoms with van der Waals surface area (Å²) in [5.41, 5.74) is 5.07. The number of rotatable bonds is 10. The first-order valence-electron chi connectivity index (χ1n) is 14.7. The van der Waals surface area contributed by atoms with E-state index in [-0.39, 0.29) is 49.0 Å². The molecule has 1 saturated carbocycles. The number of carbonyl (C=O) groups is 4. The summed E-state index contributed by atoms with van der Waals surface area (Å²) in [6, 6.07) is 2.67. The van der Waals surface area contributed by atoms with E-state index in [1.807, 2.05) is 13.1 Å². The molecule has 5 atom stereocenters. The van der Waals surface area contributed by atoms with Crippen molar-refractivity contribution >= 4 is 29.7 Å². The Kier molecular flexibility index (Phi) is 8.27. The lowest BCUT2D eigenvalue weighted by Gasteiger charge is -2.62. The van der Waals surface area contributed by atoms with Gasteiger partial charge in [-0.25, -0.2) is 4.79 Å². The number of likely N-dealkylation sites (tertiary alicyclic amines) is 1. The number of piperidine rings is 1. The minimum absolute atomic E-state index is 0.0464. The molecule has 7 N–H and O–H groups in total. The minimum atomic E-state index is -1.12. The van der Waals surface area contributed by atoms with Crippen LogP contribution in [-0.2, 0) is 26.2 Å². The fraction of sp³-hybridized carbons (Fsp3) is 0.621. The molecule has 1 saturated heterocycles. The zero-order valence-corrected chi connectivity index (χ0v) is 24.8. The van der Waals surface area contributed by atoms with Crippen LogP contribution in [0.4, 0.5) is 4.79 Å². The molecule has 2 fully saturated rings. The van der Waals surface area contributed by atoms with Gasteiger partial charge in [0, 0.05) is 51.6 Å². The molecule has 2 heterocycles. The van der Waals surface area contributed by atoms with Crippen LogP contribution >= 0.6 is 0 Å². The number of hydrogen-bond acceptors (Lipinski definition) is 9. The normalized spacial score (nSPS) is 27.3. The first-order chi connectivity index (χ1) is 20.4. The van der Waals surface area contributed by atoms with Gasteiger partial charge in [0.05, 0.1) is 11.0 Å². The molecule has 1 aromatic rings. The number of ether oxygens (including phenoxy) is 2. The van der Waals surface area contributed by atoms with E-state index in [1.165, 1.54) is 18.9 Å². The summed E-state index contributed by atoms with van der Waals surface area (Å²) in [5.74, 6) is -0.417. The summed E-state index contributed by atoms with van der Waals surface area (Å²) >= 11 is 0. The van der Waals surface area contributed by atoms with E-state index >= 15 is 0 Å². The highest BCUT2D eigenvalue weighted by Crippen LogP contribution is 2.64. The van der Waals surface area contributed by atoms with E-state index in [2.05, 4.69) is 20.9 Å². The Morgan fingerprint density at radius 3 is 2.77 bits per heavy atom. The number of hydrogen-bond donors (Lipinski definition) is 6. The van der Waals surface area contributed by atoms with Crippen LogP contribution in [0.15, 0.2) is 12.1 Å². The summed E-state index contributed by atoms with van der Waals surface area (Å²) in [4.78, 5) is 54.0. The molecule has 2 aliphatic carbocycles. The summed E-state index contributed by atoms with van der Waals surface area (Å²) in [6.07, 6.45) is 1.12. The number of aliphatic hydroxyl groups is 1. The monoisotopic (exact) mass is 599 g/mol. The van der Waals surface area contributed by atoms with Crippen molar-refractivity contribution in [2.45, 2.75) is 74.7 Å². The zero-order valence-electron chi connectivity index (χ0n) is 24.8. The fourth-order valence-corrected chi connectivity index (χ4v) is 7.38. The van der Waals surface area contributed by atoms with E-state index in [9.17, 15) is 24.3 Å². The molecule has 14 nitrogen and oxygen atoms in total. The van der Waals surface area contributed by atoms with Gasteiger partial charge >= 0.3 is 6.09 Å². The van der Waals surface area contributed by atoms with Crippen LogP contribution in [-0.4, -0.2) is 109 Å². The number of guanidine groups is 1. The lowest BCUT2D eigenvalue weighted by atomic mass is 9.49. The number of nitrogens with one attached hydrogen (secondary N) is 4. The highest BCUT2D eigenvalue weighted by atomic mass is 16.6. The van der Waals surface area contributed by atoms with Crippen LogP contribution in [0.25, 0.3) is 0 Å². The van der Waals surface area contributed by atoms with E-state index in [0.29, 0.717) is 44.4 Å². The molecule has 2 bridgehead atoms. The van der Waals surface area contributed by atoms with Gasteiger partial charge in [0.15, 0.2) is 29.3 Å². The molecule has 1 aromatic carbocycles. The third-order valence-electron chi connectivity index (χ3n) is 9.44. The number of nitrogens with zero attached hydrogens (tertiary/aromatic N) is 2. The molecule has 2 aliphatic heterocycles. The van der Waals surface area contributed by atoms with Crippen molar-refractivity contribution in [3.8, 4) is 11.5 Å². The largest absolute Gasteiger partial charge is 0.477 e. The summed E-state index contributed by atoms with van der Waals surface area (Å²) in [5, 5.41) is 27.3. The average Bonchev–Trinajstić information content (AvgIpc) is 3.31. The fourth-order valence-electron chi connectivity index (χ4n) is 7.38. The Bertz CT molecular complexity index is 1340. The minimum Gasteiger partial charge on any atom is -0.477 e. The SMILES string of the molecule is CC(=O)N[C@@H](CCCNC(=N)N)C(=O)NCCN(C)C(=O)Oc1ccc2c3c1O[C@H]1C(=O)CC[C@@]4(O)[C@@H](C2)N(C)CC[C@]314. The zero-order chi connectivity index (χ0) is 31.1. The quantitative estimate of drug-likeness (QED) is 0.114. The number of benzene rings is 1. The van der Waals surface area contributed by atoms with Crippen molar-refractivity contribution in [3.63, 3.8) is 0 Å². The first kappa shape index (κ1) is 30.5. The van der Waals surface area contributed by atoms with Crippen LogP contribution in [0.1, 0.15) is 50.2 Å². The average molecular weight is 600 g/mol. The second-order valence-electron chi connectivity index (χ2n) is 12.1. The van der Waals surface area contributed by atoms with Crippen molar-refractivity contribution in [1.29, 1.82) is 5.41 Å². The summed E-state index contributed by atoms with van der Waals surface area (Å²) in [7, 11) is 3.54. The van der Waals surface area contributed by atoms with Crippen molar-refractivity contribution in [2.75, 3.05) is 40.3 Å². The lowest BCUT2D eigenvalue weighted by molar-refractivity contribution is -0.185. The predicted molar refractivity (Wildman–Crippen MR) is 155 cm³/mol. The molecule has 0 aromatic heterocycles. The number of likely N-dealkylation sites (N-methyl/N-ethyl adjacent to an activating group) is 2. The highest BCUT2D eigenvalue weighted by molar-refractivity contribution is 5.90. The van der Waals surface area contributed by atoms with Crippen LogP contribution in [0.5, 0.6) is 11.5 Å². The predicted octanol–water partition coefficient (Wildman–Crippen LogP) is -0.646. The topological polar surface area (TPSA) is 199 Å². The Labute approximate surface area is 250 Å². The van der Waals surface area contributed by atoms with Crippen LogP contribution in [0.2, 0.25) is 0 Å². The maximum absolute atomic E-state index is 13.1.